The molecular weight excluding hydrogens is 1190 g/mol. The number of benzene rings is 6. The van der Waals surface area contributed by atoms with E-state index in [0.29, 0.717) is 65.3 Å². The number of amides is 1. The number of hydrogen-bond donors (Lipinski definition) is 2. The number of aryl methyl sites for hydroxylation is 3. The van der Waals surface area contributed by atoms with Crippen LogP contribution in [0.1, 0.15) is 31.2 Å². The molecule has 0 radical (unpaired) electrons. The van der Waals surface area contributed by atoms with Crippen LogP contribution >= 0.6 is 0 Å². The number of nitrogens with zero attached hydrogens (tertiary/aromatic N) is 16. The molecular formula is C70H72N18O6. The largest absolute Gasteiger partial charge is 0.497 e. The Hall–Kier alpha value is -11.7. The van der Waals surface area contributed by atoms with Crippen molar-refractivity contribution in [3.63, 3.8) is 0 Å². The van der Waals surface area contributed by atoms with E-state index in [1.165, 1.54) is 12.8 Å². The number of hydrogen-bond acceptors (Lipinski definition) is 20. The third-order valence-electron chi connectivity index (χ3n) is 15.7. The molecule has 1 aliphatic rings. The second-order valence-electron chi connectivity index (χ2n) is 22.4. The summed E-state index contributed by atoms with van der Waals surface area (Å²) in [5.41, 5.74) is 27.8. The molecule has 0 spiro atoms. The van der Waals surface area contributed by atoms with E-state index in [0.717, 1.165) is 108 Å². The van der Waals surface area contributed by atoms with Crippen LogP contribution in [0.15, 0.2) is 165 Å². The fraction of sp³-hybridized carbons (Fsp3) is 0.243. The molecule has 1 fully saturated rings. The molecule has 1 aliphatic carbocycles. The van der Waals surface area contributed by atoms with Gasteiger partial charge in [0.1, 0.15) is 35.3 Å². The second-order valence-corrected chi connectivity index (χ2v) is 22.4. The molecule has 1 saturated carbocycles. The summed E-state index contributed by atoms with van der Waals surface area (Å²) in [5, 5.41) is 21.7. The van der Waals surface area contributed by atoms with E-state index < -0.39 is 5.91 Å². The van der Waals surface area contributed by atoms with E-state index in [4.69, 9.17) is 55.4 Å². The molecule has 24 heteroatoms. The maximum absolute atomic E-state index is 11.9. The first kappa shape index (κ1) is 63.8. The van der Waals surface area contributed by atoms with E-state index >= 15 is 0 Å². The van der Waals surface area contributed by atoms with Gasteiger partial charge in [0.25, 0.3) is 0 Å². The minimum Gasteiger partial charge on any atom is -0.497 e. The lowest BCUT2D eigenvalue weighted by atomic mass is 10.1. The maximum atomic E-state index is 11.9. The third kappa shape index (κ3) is 15.4. The summed E-state index contributed by atoms with van der Waals surface area (Å²) >= 11 is 0. The van der Waals surface area contributed by atoms with Crippen molar-refractivity contribution >= 4 is 73.1 Å². The smallest absolute Gasteiger partial charge is 0.237 e. The molecule has 478 valence electrons. The van der Waals surface area contributed by atoms with Crippen LogP contribution < -0.4 is 49.9 Å². The molecule has 4 N–H and O–H groups in total. The van der Waals surface area contributed by atoms with Gasteiger partial charge in [-0.3, -0.25) is 33.8 Å². The fourth-order valence-corrected chi connectivity index (χ4v) is 10.6. The van der Waals surface area contributed by atoms with Crippen LogP contribution in [0.5, 0.6) is 28.7 Å². The van der Waals surface area contributed by atoms with Crippen LogP contribution in [-0.2, 0) is 32.5 Å². The van der Waals surface area contributed by atoms with Gasteiger partial charge in [-0.05, 0) is 97.5 Å². The number of unbranched alkanes of at least 4 members (excludes halogenated alkanes) is 1. The van der Waals surface area contributed by atoms with Gasteiger partial charge in [-0.25, -0.2) is 15.0 Å². The van der Waals surface area contributed by atoms with Crippen molar-refractivity contribution in [3.05, 3.63) is 171 Å². The van der Waals surface area contributed by atoms with Crippen LogP contribution in [0.4, 0.5) is 34.1 Å². The molecule has 6 heterocycles. The highest BCUT2D eigenvalue weighted by molar-refractivity contribution is 5.88. The number of ether oxygens (including phenoxy) is 5. The van der Waals surface area contributed by atoms with Crippen molar-refractivity contribution in [2.45, 2.75) is 32.2 Å². The molecule has 0 bridgehead atoms. The highest BCUT2D eigenvalue weighted by Crippen LogP contribution is 2.40. The zero-order chi connectivity index (χ0) is 65.8. The van der Waals surface area contributed by atoms with E-state index in [1.807, 2.05) is 125 Å². The number of carbonyl (C=O) groups excluding carboxylic acids is 1. The molecule has 0 atom stereocenters. The lowest BCUT2D eigenvalue weighted by Crippen LogP contribution is -2.30. The Labute approximate surface area is 543 Å². The van der Waals surface area contributed by atoms with Crippen LogP contribution in [0.3, 0.4) is 0 Å². The average Bonchev–Trinajstić information content (AvgIpc) is 1.17. The lowest BCUT2D eigenvalue weighted by Gasteiger charge is -2.26. The van der Waals surface area contributed by atoms with Crippen molar-refractivity contribution in [2.24, 2.45) is 38.5 Å². The van der Waals surface area contributed by atoms with Gasteiger partial charge >= 0.3 is 0 Å². The molecule has 0 unspecified atom stereocenters. The van der Waals surface area contributed by atoms with Crippen molar-refractivity contribution in [2.75, 3.05) is 69.9 Å². The third-order valence-corrected chi connectivity index (χ3v) is 15.7. The topological polar surface area (TPSA) is 280 Å². The van der Waals surface area contributed by atoms with Crippen LogP contribution in [0, 0.1) is 17.2 Å². The van der Waals surface area contributed by atoms with Crippen LogP contribution in [0.25, 0.3) is 66.9 Å². The van der Waals surface area contributed by atoms with Gasteiger partial charge in [0.15, 0.2) is 0 Å². The summed E-state index contributed by atoms with van der Waals surface area (Å²) in [4.78, 5) is 46.2. The van der Waals surface area contributed by atoms with Gasteiger partial charge in [0.2, 0.25) is 5.91 Å². The monoisotopic (exact) mass is 1260 g/mol. The molecule has 24 nitrogen and oxygen atoms in total. The fourth-order valence-electron chi connectivity index (χ4n) is 10.6. The summed E-state index contributed by atoms with van der Waals surface area (Å²) < 4.78 is 32.4. The molecule has 0 aliphatic heterocycles. The minimum atomic E-state index is -0.475. The van der Waals surface area contributed by atoms with E-state index in [-0.39, 0.29) is 6.54 Å². The molecule has 13 rings (SSSR count). The number of fused-ring (bicyclic) bond motifs is 3. The Morgan fingerprint density at radius 2 is 0.883 bits per heavy atom. The number of rotatable bonds is 22. The number of anilines is 6. The van der Waals surface area contributed by atoms with E-state index in [9.17, 15) is 4.79 Å². The zero-order valence-corrected chi connectivity index (χ0v) is 53.6. The first-order valence-corrected chi connectivity index (χ1v) is 30.3. The normalized spacial score (nSPS) is 11.7. The lowest BCUT2D eigenvalue weighted by molar-refractivity contribution is -0.116. The molecule has 94 heavy (non-hydrogen) atoms. The van der Waals surface area contributed by atoms with Gasteiger partial charge in [-0.2, -0.15) is 20.6 Å². The van der Waals surface area contributed by atoms with Crippen LogP contribution in [0.2, 0.25) is 0 Å². The first-order valence-electron chi connectivity index (χ1n) is 30.3. The number of primary amides is 1. The number of aromatic nitrogens is 12. The van der Waals surface area contributed by atoms with Gasteiger partial charge < -0.3 is 49.9 Å². The minimum absolute atomic E-state index is 0.0302. The van der Waals surface area contributed by atoms with Crippen LogP contribution in [-0.4, -0.2) is 120 Å². The average molecular weight is 1260 g/mol. The standard InChI is InChI=1S/C24H24N6O2.C24H26N6O.C22H22N6O3/c1-29-16-17(14-27-29)24-15-26-22-7-6-18(12-23(22)28-24)30(9-5-4-8-25)19-10-20(31-2)13-21(11-19)32-3;1-29-15-18(12-27-29)24-13-26-22-6-5-19(10-23(22)28-24)30(14-16-3-4-16)20-7-17(11-25)8-21(9-20)31-2;1-27-12-14(10-25-27)21-11-24-19-5-4-15(8-20(19)26-21)28(13-22(23)29)16-6-17(30-2)9-18(7-16)31-3/h6-7,10-16H,4-5,9H2,1-3H3;5-10,12-13,15-16H,3-4,11,14,25H2,1-2H3;4-12H,13H2,1-3H3,(H2,23,29). The number of methoxy groups -OCH3 is 5. The first-order chi connectivity index (χ1) is 45.7. The highest BCUT2D eigenvalue weighted by Gasteiger charge is 2.27. The second kappa shape index (κ2) is 29.1. The van der Waals surface area contributed by atoms with Crippen molar-refractivity contribution < 1.29 is 28.5 Å². The number of nitriles is 1. The quantitative estimate of drug-likeness (QED) is 0.0596. The maximum Gasteiger partial charge on any atom is 0.237 e. The zero-order valence-electron chi connectivity index (χ0n) is 53.6. The van der Waals surface area contributed by atoms with E-state index in [2.05, 4.69) is 70.4 Å². The summed E-state index contributed by atoms with van der Waals surface area (Å²) in [7, 11) is 13.7. The van der Waals surface area contributed by atoms with E-state index in [1.54, 1.807) is 91.5 Å². The summed E-state index contributed by atoms with van der Waals surface area (Å²) in [5.74, 6) is 3.64. The Morgan fingerprint density at radius 3 is 1.24 bits per heavy atom. The molecule has 12 aromatic rings. The Balaban J connectivity index is 0.000000144. The highest BCUT2D eigenvalue weighted by atomic mass is 16.5. The predicted molar refractivity (Wildman–Crippen MR) is 363 cm³/mol. The summed E-state index contributed by atoms with van der Waals surface area (Å²) in [6.07, 6.45) is 20.1. The predicted octanol–water partition coefficient (Wildman–Crippen LogP) is 11.2. The summed E-state index contributed by atoms with van der Waals surface area (Å²) in [6, 6.07) is 37.4. The van der Waals surface area contributed by atoms with Crippen molar-refractivity contribution in [1.29, 1.82) is 5.26 Å². The molecule has 0 saturated heterocycles. The van der Waals surface area contributed by atoms with Gasteiger partial charge in [-0.1, -0.05) is 0 Å². The Bertz CT molecular complexity index is 4620. The van der Waals surface area contributed by atoms with Gasteiger partial charge in [0, 0.05) is 159 Å². The number of carbonyl (C=O) groups is 1. The van der Waals surface area contributed by atoms with Gasteiger partial charge in [0.05, 0.1) is 129 Å². The molecule has 6 aromatic heterocycles. The van der Waals surface area contributed by atoms with Crippen molar-refractivity contribution in [3.8, 4) is 68.6 Å². The SMILES string of the molecule is COc1cc(CN)cc(N(CC2CC2)c2ccc3ncc(-c4cnn(C)c4)nc3c2)c1.COc1cc(OC)cc(N(CC(N)=O)c2ccc3ncc(-c4cnn(C)c4)nc3c2)c1.COc1cc(OC)cc(N(CCCC#N)c2ccc3ncc(-c4cnn(C)c4)nc3c2)c1. The van der Waals surface area contributed by atoms with Gasteiger partial charge in [-0.15, -0.1) is 0 Å². The Morgan fingerprint density at radius 1 is 0.500 bits per heavy atom. The summed E-state index contributed by atoms with van der Waals surface area (Å²) in [6.45, 7) is 2.06. The Kier molecular flexibility index (Phi) is 19.7. The molecule has 6 aromatic carbocycles. The van der Waals surface area contributed by atoms with Crippen molar-refractivity contribution in [1.82, 2.24) is 59.2 Å². The number of nitrogens with two attached hydrogens (primary N) is 2. The molecule has 1 amide bonds.